The second-order valence-corrected chi connectivity index (χ2v) is 11.7. The van der Waals surface area contributed by atoms with Crippen molar-refractivity contribution >= 4 is 27.6 Å². The molecular formula is C24H33N5O3S. The fraction of sp³-hybridized carbons (Fsp3) is 0.542. The highest BCUT2D eigenvalue weighted by molar-refractivity contribution is 7.90. The van der Waals surface area contributed by atoms with Gasteiger partial charge in [-0.15, -0.1) is 0 Å². The molecule has 4 heterocycles. The maximum Gasteiger partial charge on any atom is 0.281 e. The Bertz CT molecular complexity index is 1130. The number of pyridine rings is 2. The van der Waals surface area contributed by atoms with Crippen LogP contribution in [0.5, 0.6) is 0 Å². The van der Waals surface area contributed by atoms with Crippen molar-refractivity contribution in [3.05, 3.63) is 42.1 Å². The van der Waals surface area contributed by atoms with E-state index in [2.05, 4.69) is 52.2 Å². The van der Waals surface area contributed by atoms with Crippen LogP contribution in [0.15, 0.2) is 41.6 Å². The third kappa shape index (κ3) is 4.98. The summed E-state index contributed by atoms with van der Waals surface area (Å²) in [5, 5.41) is -0.160. The van der Waals surface area contributed by atoms with Gasteiger partial charge >= 0.3 is 0 Å². The SMILES string of the molecule is CC1CCN(c2cccc(S(=O)(=O)NC(=O)c3cccnc3N3CC(C)CC3(C)C)n2)CC1. The third-order valence-corrected chi connectivity index (χ3v) is 7.91. The first-order valence-corrected chi connectivity index (χ1v) is 13.1. The Morgan fingerprint density at radius 2 is 1.82 bits per heavy atom. The van der Waals surface area contributed by atoms with Crippen molar-refractivity contribution in [1.29, 1.82) is 0 Å². The molecule has 0 radical (unpaired) electrons. The molecule has 2 aromatic heterocycles. The molecule has 2 aliphatic rings. The summed E-state index contributed by atoms with van der Waals surface area (Å²) in [7, 11) is -4.14. The number of nitrogens with one attached hydrogen (secondary N) is 1. The Morgan fingerprint density at radius 3 is 2.48 bits per heavy atom. The first-order valence-electron chi connectivity index (χ1n) is 11.6. The molecule has 33 heavy (non-hydrogen) atoms. The summed E-state index contributed by atoms with van der Waals surface area (Å²) < 4.78 is 28.4. The largest absolute Gasteiger partial charge is 0.357 e. The van der Waals surface area contributed by atoms with E-state index in [9.17, 15) is 13.2 Å². The molecular weight excluding hydrogens is 438 g/mol. The zero-order valence-electron chi connectivity index (χ0n) is 19.8. The Hall–Kier alpha value is -2.68. The Morgan fingerprint density at radius 1 is 1.09 bits per heavy atom. The highest BCUT2D eigenvalue weighted by atomic mass is 32.2. The zero-order chi connectivity index (χ0) is 23.8. The van der Waals surface area contributed by atoms with Crippen LogP contribution in [0.25, 0.3) is 0 Å². The molecule has 9 heteroatoms. The van der Waals surface area contributed by atoms with E-state index in [1.54, 1.807) is 24.4 Å². The second-order valence-electron chi connectivity index (χ2n) is 10.0. The average molecular weight is 472 g/mol. The standard InChI is InChI=1S/C24H33N5O3S/c1-17-10-13-28(14-11-17)20-8-5-9-21(26-20)33(31,32)27-23(30)19-7-6-12-25-22(19)29-16-18(2)15-24(29,3)4/h5-9,12,17-18H,10-11,13-16H2,1-4H3,(H,27,30). The highest BCUT2D eigenvalue weighted by Gasteiger charge is 2.39. The van der Waals surface area contributed by atoms with Crippen LogP contribution in [0.2, 0.25) is 0 Å². The van der Waals surface area contributed by atoms with Crippen LogP contribution in [-0.2, 0) is 10.0 Å². The van der Waals surface area contributed by atoms with Gasteiger partial charge in [0.25, 0.3) is 15.9 Å². The summed E-state index contributed by atoms with van der Waals surface area (Å²) in [5.41, 5.74) is 0.0631. The second kappa shape index (κ2) is 8.93. The smallest absolute Gasteiger partial charge is 0.281 e. The quantitative estimate of drug-likeness (QED) is 0.713. The maximum absolute atomic E-state index is 13.1. The van der Waals surface area contributed by atoms with Gasteiger partial charge in [0.05, 0.1) is 5.56 Å². The molecule has 0 spiro atoms. The highest BCUT2D eigenvalue weighted by Crippen LogP contribution is 2.37. The summed E-state index contributed by atoms with van der Waals surface area (Å²) in [6, 6.07) is 8.16. The number of piperidine rings is 1. The van der Waals surface area contributed by atoms with E-state index >= 15 is 0 Å². The van der Waals surface area contributed by atoms with Gasteiger partial charge in [-0.05, 0) is 69.2 Å². The molecule has 2 fully saturated rings. The zero-order valence-corrected chi connectivity index (χ0v) is 20.6. The molecule has 0 bridgehead atoms. The van der Waals surface area contributed by atoms with Crippen molar-refractivity contribution in [2.24, 2.45) is 11.8 Å². The van der Waals surface area contributed by atoms with Gasteiger partial charge in [0.15, 0.2) is 5.03 Å². The normalized spacial score (nSPS) is 21.3. The van der Waals surface area contributed by atoms with Crippen molar-refractivity contribution < 1.29 is 13.2 Å². The van der Waals surface area contributed by atoms with Crippen LogP contribution >= 0.6 is 0 Å². The van der Waals surface area contributed by atoms with Crippen molar-refractivity contribution in [2.45, 2.75) is 57.5 Å². The summed E-state index contributed by atoms with van der Waals surface area (Å²) in [4.78, 5) is 26.1. The van der Waals surface area contributed by atoms with E-state index in [1.807, 2.05) is 6.07 Å². The lowest BCUT2D eigenvalue weighted by Crippen LogP contribution is -2.41. The van der Waals surface area contributed by atoms with E-state index in [-0.39, 0.29) is 16.1 Å². The lowest BCUT2D eigenvalue weighted by Gasteiger charge is -2.33. The molecule has 178 valence electrons. The minimum atomic E-state index is -4.14. The fourth-order valence-corrected chi connectivity index (χ4v) is 5.88. The van der Waals surface area contributed by atoms with Crippen LogP contribution in [-0.4, -0.2) is 49.5 Å². The lowest BCUT2D eigenvalue weighted by molar-refractivity contribution is 0.0981. The number of carbonyl (C=O) groups excluding carboxylic acids is 1. The van der Waals surface area contributed by atoms with Crippen LogP contribution < -0.4 is 14.5 Å². The van der Waals surface area contributed by atoms with Gasteiger partial charge in [-0.2, -0.15) is 8.42 Å². The number of sulfonamides is 1. The van der Waals surface area contributed by atoms with Gasteiger partial charge in [0.2, 0.25) is 0 Å². The summed E-state index contributed by atoms with van der Waals surface area (Å²) in [6.07, 6.45) is 4.69. The molecule has 1 atom stereocenters. The van der Waals surface area contributed by atoms with Gasteiger partial charge in [-0.25, -0.2) is 14.7 Å². The number of nitrogens with zero attached hydrogens (tertiary/aromatic N) is 4. The average Bonchev–Trinajstić information content (AvgIpc) is 3.05. The van der Waals surface area contributed by atoms with Gasteiger partial charge in [-0.3, -0.25) is 4.79 Å². The summed E-state index contributed by atoms with van der Waals surface area (Å²) in [5.74, 6) is 1.53. The molecule has 1 N–H and O–H groups in total. The van der Waals surface area contributed by atoms with Gasteiger partial charge in [-0.1, -0.05) is 19.9 Å². The van der Waals surface area contributed by atoms with Crippen LogP contribution in [0.1, 0.15) is 57.3 Å². The van der Waals surface area contributed by atoms with Gasteiger partial charge < -0.3 is 9.80 Å². The predicted octanol–water partition coefficient (Wildman–Crippen LogP) is 3.46. The Balaban J connectivity index is 1.57. The molecule has 2 saturated heterocycles. The number of carbonyl (C=O) groups is 1. The monoisotopic (exact) mass is 471 g/mol. The van der Waals surface area contributed by atoms with E-state index in [4.69, 9.17) is 0 Å². The lowest BCUT2D eigenvalue weighted by atomic mass is 9.97. The number of aromatic nitrogens is 2. The van der Waals surface area contributed by atoms with Crippen molar-refractivity contribution in [3.63, 3.8) is 0 Å². The van der Waals surface area contributed by atoms with E-state index < -0.39 is 15.9 Å². The first kappa shape index (κ1) is 23.5. The fourth-order valence-electron chi connectivity index (χ4n) is 4.95. The van der Waals surface area contributed by atoms with Crippen LogP contribution in [0.4, 0.5) is 11.6 Å². The third-order valence-electron chi connectivity index (χ3n) is 6.68. The van der Waals surface area contributed by atoms with Crippen molar-refractivity contribution in [3.8, 4) is 0 Å². The minimum absolute atomic E-state index is 0.160. The van der Waals surface area contributed by atoms with Crippen molar-refractivity contribution in [2.75, 3.05) is 29.4 Å². The van der Waals surface area contributed by atoms with Crippen LogP contribution in [0.3, 0.4) is 0 Å². The molecule has 0 aromatic carbocycles. The topological polar surface area (TPSA) is 95.5 Å². The predicted molar refractivity (Wildman–Crippen MR) is 129 cm³/mol. The number of rotatable bonds is 5. The summed E-state index contributed by atoms with van der Waals surface area (Å²) in [6.45, 7) is 11.0. The Kier molecular flexibility index (Phi) is 6.35. The van der Waals surface area contributed by atoms with Gasteiger partial charge in [0, 0.05) is 31.4 Å². The molecule has 4 rings (SSSR count). The van der Waals surface area contributed by atoms with E-state index in [0.717, 1.165) is 38.9 Å². The maximum atomic E-state index is 13.1. The van der Waals surface area contributed by atoms with Crippen molar-refractivity contribution in [1.82, 2.24) is 14.7 Å². The number of anilines is 2. The Labute approximate surface area is 196 Å². The first-order chi connectivity index (χ1) is 15.6. The number of amides is 1. The molecule has 8 nitrogen and oxygen atoms in total. The number of hydrogen-bond acceptors (Lipinski definition) is 7. The van der Waals surface area contributed by atoms with Crippen LogP contribution in [0, 0.1) is 11.8 Å². The van der Waals surface area contributed by atoms with E-state index in [0.29, 0.717) is 23.5 Å². The molecule has 0 saturated carbocycles. The molecule has 1 unspecified atom stereocenters. The molecule has 2 aromatic rings. The summed E-state index contributed by atoms with van der Waals surface area (Å²) >= 11 is 0. The number of hydrogen-bond donors (Lipinski definition) is 1. The molecule has 2 aliphatic heterocycles. The van der Waals surface area contributed by atoms with E-state index in [1.165, 1.54) is 6.07 Å². The molecule has 0 aliphatic carbocycles. The molecule has 1 amide bonds. The minimum Gasteiger partial charge on any atom is -0.357 e. The van der Waals surface area contributed by atoms with Gasteiger partial charge in [0.1, 0.15) is 11.6 Å².